The molecule has 2 aliphatic rings. The topological polar surface area (TPSA) is 15.3 Å². The molecule has 1 aliphatic heterocycles. The summed E-state index contributed by atoms with van der Waals surface area (Å²) >= 11 is 0. The van der Waals surface area contributed by atoms with E-state index in [-0.39, 0.29) is 0 Å². The van der Waals surface area contributed by atoms with Crippen LogP contribution < -0.4 is 10.2 Å². The number of fused-ring (bicyclic) bond motifs is 1. The summed E-state index contributed by atoms with van der Waals surface area (Å²) in [7, 11) is 0. The first-order valence-corrected chi connectivity index (χ1v) is 7.44. The summed E-state index contributed by atoms with van der Waals surface area (Å²) in [6.45, 7) is 5.82. The molecular weight excluding hydrogens is 220 g/mol. The van der Waals surface area contributed by atoms with Crippen LogP contribution in [0.5, 0.6) is 0 Å². The highest BCUT2D eigenvalue weighted by Gasteiger charge is 2.33. The molecule has 0 radical (unpaired) electrons. The molecule has 1 aliphatic carbocycles. The Morgan fingerprint density at radius 1 is 1.33 bits per heavy atom. The van der Waals surface area contributed by atoms with E-state index in [1.807, 2.05) is 0 Å². The van der Waals surface area contributed by atoms with Crippen LogP contribution >= 0.6 is 0 Å². The zero-order chi connectivity index (χ0) is 12.4. The minimum atomic E-state index is 0.705. The van der Waals surface area contributed by atoms with E-state index in [4.69, 9.17) is 0 Å². The second-order valence-electron chi connectivity index (χ2n) is 5.72. The van der Waals surface area contributed by atoms with Gasteiger partial charge in [-0.2, -0.15) is 0 Å². The fraction of sp³-hybridized carbons (Fsp3) is 0.625. The van der Waals surface area contributed by atoms with Crippen molar-refractivity contribution in [3.63, 3.8) is 0 Å². The predicted octanol–water partition coefficient (Wildman–Crippen LogP) is 2.83. The molecule has 1 aromatic carbocycles. The summed E-state index contributed by atoms with van der Waals surface area (Å²) in [6, 6.07) is 9.60. The monoisotopic (exact) mass is 244 g/mol. The molecule has 1 heterocycles. The summed E-state index contributed by atoms with van der Waals surface area (Å²) in [5, 5.41) is 3.75. The molecule has 0 bridgehead atoms. The van der Waals surface area contributed by atoms with Gasteiger partial charge in [-0.1, -0.05) is 25.1 Å². The van der Waals surface area contributed by atoms with Crippen molar-refractivity contribution in [1.82, 2.24) is 5.32 Å². The molecule has 0 saturated heterocycles. The summed E-state index contributed by atoms with van der Waals surface area (Å²) < 4.78 is 0. The molecule has 18 heavy (non-hydrogen) atoms. The summed E-state index contributed by atoms with van der Waals surface area (Å²) in [6.07, 6.45) is 5.31. The van der Waals surface area contributed by atoms with Crippen LogP contribution in [0.4, 0.5) is 5.69 Å². The van der Waals surface area contributed by atoms with Gasteiger partial charge < -0.3 is 10.2 Å². The van der Waals surface area contributed by atoms with Crippen molar-refractivity contribution in [3.8, 4) is 0 Å². The molecule has 1 saturated carbocycles. The lowest BCUT2D eigenvalue weighted by atomic mass is 10.1. The summed E-state index contributed by atoms with van der Waals surface area (Å²) in [5.41, 5.74) is 3.00. The van der Waals surface area contributed by atoms with Crippen LogP contribution in [0, 0.1) is 5.92 Å². The Balaban J connectivity index is 1.65. The van der Waals surface area contributed by atoms with Gasteiger partial charge in [-0.25, -0.2) is 0 Å². The molecule has 1 atom stereocenters. The van der Waals surface area contributed by atoms with Crippen LogP contribution in [0.25, 0.3) is 0 Å². The van der Waals surface area contributed by atoms with Crippen LogP contribution in [0.2, 0.25) is 0 Å². The lowest BCUT2D eigenvalue weighted by Gasteiger charge is -2.27. The van der Waals surface area contributed by atoms with E-state index < -0.39 is 0 Å². The Morgan fingerprint density at radius 3 is 2.94 bits per heavy atom. The maximum atomic E-state index is 3.75. The standard InChI is InChI=1S/C16H24N2/c1-2-10-17-15(13-7-8-13)12-18-11-9-14-5-3-4-6-16(14)18/h3-6,13,15,17H,2,7-12H2,1H3. The van der Waals surface area contributed by atoms with Crippen LogP contribution in [0.1, 0.15) is 31.7 Å². The smallest absolute Gasteiger partial charge is 0.0400 e. The van der Waals surface area contributed by atoms with Gasteiger partial charge >= 0.3 is 0 Å². The van der Waals surface area contributed by atoms with E-state index in [0.29, 0.717) is 6.04 Å². The number of nitrogens with one attached hydrogen (secondary N) is 1. The van der Waals surface area contributed by atoms with Crippen LogP contribution in [-0.4, -0.2) is 25.7 Å². The van der Waals surface area contributed by atoms with Gasteiger partial charge in [0.2, 0.25) is 0 Å². The van der Waals surface area contributed by atoms with E-state index in [9.17, 15) is 0 Å². The molecule has 0 aromatic heterocycles. The third-order valence-electron chi connectivity index (χ3n) is 4.25. The van der Waals surface area contributed by atoms with Crippen molar-refractivity contribution < 1.29 is 0 Å². The van der Waals surface area contributed by atoms with Gasteiger partial charge in [-0.3, -0.25) is 0 Å². The van der Waals surface area contributed by atoms with Crippen molar-refractivity contribution >= 4 is 5.69 Å². The molecule has 98 valence electrons. The first kappa shape index (κ1) is 12.0. The van der Waals surface area contributed by atoms with Gasteiger partial charge in [-0.15, -0.1) is 0 Å². The number of nitrogens with zero attached hydrogens (tertiary/aromatic N) is 1. The van der Waals surface area contributed by atoms with Crippen LogP contribution in [0.3, 0.4) is 0 Å². The first-order valence-electron chi connectivity index (χ1n) is 7.44. The maximum Gasteiger partial charge on any atom is 0.0400 e. The van der Waals surface area contributed by atoms with E-state index in [1.165, 1.54) is 50.0 Å². The predicted molar refractivity (Wildman–Crippen MR) is 77.2 cm³/mol. The number of rotatable bonds is 6. The number of para-hydroxylation sites is 1. The Hall–Kier alpha value is -1.02. The average Bonchev–Trinajstić information content (AvgIpc) is 3.17. The quantitative estimate of drug-likeness (QED) is 0.828. The minimum Gasteiger partial charge on any atom is -0.369 e. The van der Waals surface area contributed by atoms with Gasteiger partial charge in [0, 0.05) is 24.8 Å². The molecular formula is C16H24N2. The van der Waals surface area contributed by atoms with Crippen molar-refractivity contribution in [2.24, 2.45) is 5.92 Å². The Morgan fingerprint density at radius 2 is 2.17 bits per heavy atom. The van der Waals surface area contributed by atoms with Gasteiger partial charge in [0.05, 0.1) is 0 Å². The summed E-state index contributed by atoms with van der Waals surface area (Å²) in [4.78, 5) is 2.58. The second-order valence-corrected chi connectivity index (χ2v) is 5.72. The van der Waals surface area contributed by atoms with Gasteiger partial charge in [0.15, 0.2) is 0 Å². The zero-order valence-corrected chi connectivity index (χ0v) is 11.4. The molecule has 1 fully saturated rings. The molecule has 2 heteroatoms. The zero-order valence-electron chi connectivity index (χ0n) is 11.4. The SMILES string of the molecule is CCCNC(CN1CCc2ccccc21)C1CC1. The molecule has 0 spiro atoms. The number of anilines is 1. The molecule has 2 nitrogen and oxygen atoms in total. The second kappa shape index (κ2) is 5.31. The van der Waals surface area contributed by atoms with E-state index in [1.54, 1.807) is 0 Å². The summed E-state index contributed by atoms with van der Waals surface area (Å²) in [5.74, 6) is 0.935. The van der Waals surface area contributed by atoms with Gasteiger partial charge in [0.25, 0.3) is 0 Å². The third-order valence-corrected chi connectivity index (χ3v) is 4.25. The van der Waals surface area contributed by atoms with Crippen molar-refractivity contribution in [2.45, 2.75) is 38.6 Å². The number of benzene rings is 1. The molecule has 0 amide bonds. The number of hydrogen-bond donors (Lipinski definition) is 1. The molecule has 1 unspecified atom stereocenters. The van der Waals surface area contributed by atoms with E-state index >= 15 is 0 Å². The van der Waals surface area contributed by atoms with E-state index in [0.717, 1.165) is 12.5 Å². The number of hydrogen-bond acceptors (Lipinski definition) is 2. The molecule has 1 N–H and O–H groups in total. The van der Waals surface area contributed by atoms with Crippen LogP contribution in [0.15, 0.2) is 24.3 Å². The maximum absolute atomic E-state index is 3.75. The average molecular weight is 244 g/mol. The Bertz CT molecular complexity index is 398. The van der Waals surface area contributed by atoms with Gasteiger partial charge in [0.1, 0.15) is 0 Å². The Labute approximate surface area is 110 Å². The van der Waals surface area contributed by atoms with Crippen molar-refractivity contribution in [2.75, 3.05) is 24.5 Å². The molecule has 3 rings (SSSR count). The molecule has 1 aromatic rings. The highest BCUT2D eigenvalue weighted by molar-refractivity contribution is 5.57. The fourth-order valence-electron chi connectivity index (χ4n) is 3.04. The lowest BCUT2D eigenvalue weighted by Crippen LogP contribution is -2.42. The Kier molecular flexibility index (Phi) is 3.55. The highest BCUT2D eigenvalue weighted by atomic mass is 15.2. The first-order chi connectivity index (χ1) is 8.88. The van der Waals surface area contributed by atoms with Crippen molar-refractivity contribution in [1.29, 1.82) is 0 Å². The van der Waals surface area contributed by atoms with Gasteiger partial charge in [-0.05, 0) is 49.8 Å². The minimum absolute atomic E-state index is 0.705. The van der Waals surface area contributed by atoms with Crippen molar-refractivity contribution in [3.05, 3.63) is 29.8 Å². The highest BCUT2D eigenvalue weighted by Crippen LogP contribution is 2.35. The normalized spacial score (nSPS) is 19.9. The van der Waals surface area contributed by atoms with Crippen LogP contribution in [-0.2, 0) is 6.42 Å². The third kappa shape index (κ3) is 2.54. The fourth-order valence-corrected chi connectivity index (χ4v) is 3.04. The lowest BCUT2D eigenvalue weighted by molar-refractivity contribution is 0.459. The van der Waals surface area contributed by atoms with E-state index in [2.05, 4.69) is 41.4 Å². The largest absolute Gasteiger partial charge is 0.369 e.